The Labute approximate surface area is 245 Å². The SMILES string of the molecule is CCCOCOc1c(OC)ccnc1C(=O)N[C@H]1COC(=O)C(Cc2ccccc2)[C@@H](OC(=O)C(C)C)[C@H](C)OC1=O. The number of ether oxygens (including phenoxy) is 6. The standard InChI is InChI=1S/C30H38N2O10/c1-6-14-38-17-40-26-23(37-5)12-13-31-24(26)27(33)32-22-16-39-29(35)21(15-20-10-8-7-9-11-20)25(19(4)41-30(22)36)42-28(34)18(2)3/h7-13,18-19,21-22,25H,6,14-17H2,1-5H3,(H,32,33)/t19-,21?,22-,25-/m0/s1. The van der Waals surface area contributed by atoms with Gasteiger partial charge >= 0.3 is 17.9 Å². The van der Waals surface area contributed by atoms with Gasteiger partial charge in [0.2, 0.25) is 0 Å². The molecule has 1 amide bonds. The number of rotatable bonds is 12. The maximum Gasteiger partial charge on any atom is 0.332 e. The topological polar surface area (TPSA) is 149 Å². The summed E-state index contributed by atoms with van der Waals surface area (Å²) in [6.45, 7) is 6.54. The zero-order valence-electron chi connectivity index (χ0n) is 24.5. The summed E-state index contributed by atoms with van der Waals surface area (Å²) in [4.78, 5) is 56.6. The Bertz CT molecular complexity index is 1220. The Morgan fingerprint density at radius 3 is 2.52 bits per heavy atom. The maximum absolute atomic E-state index is 13.4. The van der Waals surface area contributed by atoms with Crippen LogP contribution in [0.15, 0.2) is 42.6 Å². The number of benzene rings is 1. The summed E-state index contributed by atoms with van der Waals surface area (Å²) in [5, 5.41) is 2.52. The van der Waals surface area contributed by atoms with Crippen molar-refractivity contribution in [1.82, 2.24) is 10.3 Å². The van der Waals surface area contributed by atoms with E-state index in [-0.39, 0.29) is 30.4 Å². The van der Waals surface area contributed by atoms with Gasteiger partial charge in [-0.3, -0.25) is 14.4 Å². The van der Waals surface area contributed by atoms with Crippen molar-refractivity contribution in [2.75, 3.05) is 27.1 Å². The number of cyclic esters (lactones) is 2. The fourth-order valence-electron chi connectivity index (χ4n) is 4.17. The van der Waals surface area contributed by atoms with E-state index in [1.165, 1.54) is 26.3 Å². The number of hydrogen-bond acceptors (Lipinski definition) is 11. The van der Waals surface area contributed by atoms with Crippen LogP contribution in [0, 0.1) is 11.8 Å². The molecule has 42 heavy (non-hydrogen) atoms. The van der Waals surface area contributed by atoms with E-state index in [0.717, 1.165) is 12.0 Å². The van der Waals surface area contributed by atoms with E-state index in [2.05, 4.69) is 10.3 Å². The number of aromatic nitrogens is 1. The summed E-state index contributed by atoms with van der Waals surface area (Å²) in [7, 11) is 1.40. The van der Waals surface area contributed by atoms with Gasteiger partial charge in [-0.25, -0.2) is 9.78 Å². The van der Waals surface area contributed by atoms with Crippen LogP contribution in [0.2, 0.25) is 0 Å². The summed E-state index contributed by atoms with van der Waals surface area (Å²) in [5.41, 5.74) is 0.624. The average molecular weight is 587 g/mol. The molecule has 4 atom stereocenters. The highest BCUT2D eigenvalue weighted by Gasteiger charge is 2.42. The Morgan fingerprint density at radius 2 is 1.86 bits per heavy atom. The first-order valence-corrected chi connectivity index (χ1v) is 13.8. The molecular formula is C30H38N2O10. The normalized spacial score (nSPS) is 20.8. The van der Waals surface area contributed by atoms with Gasteiger partial charge in [-0.1, -0.05) is 51.1 Å². The van der Waals surface area contributed by atoms with Crippen LogP contribution >= 0.6 is 0 Å². The summed E-state index contributed by atoms with van der Waals surface area (Å²) in [6, 6.07) is 9.25. The largest absolute Gasteiger partial charge is 0.493 e. The van der Waals surface area contributed by atoms with E-state index in [0.29, 0.717) is 6.61 Å². The van der Waals surface area contributed by atoms with E-state index in [9.17, 15) is 19.2 Å². The van der Waals surface area contributed by atoms with Gasteiger partial charge in [-0.05, 0) is 25.3 Å². The van der Waals surface area contributed by atoms with Gasteiger partial charge in [0.15, 0.2) is 36.1 Å². The Balaban J connectivity index is 1.85. The number of nitrogens with one attached hydrogen (secondary N) is 1. The quantitative estimate of drug-likeness (QED) is 0.169. The smallest absolute Gasteiger partial charge is 0.332 e. The van der Waals surface area contributed by atoms with Crippen molar-refractivity contribution in [2.24, 2.45) is 11.8 Å². The van der Waals surface area contributed by atoms with Crippen molar-refractivity contribution in [2.45, 2.75) is 58.8 Å². The molecule has 1 saturated heterocycles. The minimum Gasteiger partial charge on any atom is -0.493 e. The Hall–Kier alpha value is -4.19. The number of carbonyl (C=O) groups excluding carboxylic acids is 4. The van der Waals surface area contributed by atoms with Crippen molar-refractivity contribution in [3.8, 4) is 11.5 Å². The lowest BCUT2D eigenvalue weighted by atomic mass is 9.91. The van der Waals surface area contributed by atoms with E-state index >= 15 is 0 Å². The van der Waals surface area contributed by atoms with Gasteiger partial charge in [-0.15, -0.1) is 0 Å². The monoisotopic (exact) mass is 586 g/mol. The zero-order valence-corrected chi connectivity index (χ0v) is 24.5. The van der Waals surface area contributed by atoms with Gasteiger partial charge in [-0.2, -0.15) is 0 Å². The fraction of sp³-hybridized carbons (Fsp3) is 0.500. The number of esters is 3. The van der Waals surface area contributed by atoms with Gasteiger partial charge in [0, 0.05) is 12.3 Å². The molecule has 1 aliphatic rings. The molecule has 12 nitrogen and oxygen atoms in total. The van der Waals surface area contributed by atoms with Crippen LogP contribution in [-0.4, -0.2) is 74.2 Å². The van der Waals surface area contributed by atoms with Gasteiger partial charge in [0.25, 0.3) is 5.91 Å². The van der Waals surface area contributed by atoms with Crippen LogP contribution in [-0.2, 0) is 39.8 Å². The molecule has 1 aromatic carbocycles. The molecule has 3 rings (SSSR count). The Morgan fingerprint density at radius 1 is 1.12 bits per heavy atom. The third-order valence-corrected chi connectivity index (χ3v) is 6.41. The third-order valence-electron chi connectivity index (χ3n) is 6.41. The van der Waals surface area contributed by atoms with Crippen LogP contribution in [0.1, 0.15) is 50.2 Å². The van der Waals surface area contributed by atoms with Crippen LogP contribution in [0.25, 0.3) is 0 Å². The second kappa shape index (κ2) is 15.7. The average Bonchev–Trinajstić information content (AvgIpc) is 3.01. The van der Waals surface area contributed by atoms with Crippen LogP contribution < -0.4 is 14.8 Å². The molecule has 1 N–H and O–H groups in total. The van der Waals surface area contributed by atoms with Crippen LogP contribution in [0.4, 0.5) is 0 Å². The van der Waals surface area contributed by atoms with E-state index in [4.69, 9.17) is 28.4 Å². The fourth-order valence-corrected chi connectivity index (χ4v) is 4.17. The van der Waals surface area contributed by atoms with E-state index in [1.807, 2.05) is 37.3 Å². The van der Waals surface area contributed by atoms with Crippen molar-refractivity contribution in [1.29, 1.82) is 0 Å². The summed E-state index contributed by atoms with van der Waals surface area (Å²) < 4.78 is 33.1. The number of pyridine rings is 1. The molecule has 1 unspecified atom stereocenters. The summed E-state index contributed by atoms with van der Waals surface area (Å²) in [6.07, 6.45) is 0.117. The molecule has 228 valence electrons. The minimum absolute atomic E-state index is 0.0130. The van der Waals surface area contributed by atoms with Crippen molar-refractivity contribution in [3.63, 3.8) is 0 Å². The number of hydrogen-bond donors (Lipinski definition) is 1. The lowest BCUT2D eigenvalue weighted by molar-refractivity contribution is -0.176. The third kappa shape index (κ3) is 8.65. The molecule has 0 aliphatic carbocycles. The molecule has 0 spiro atoms. The number of methoxy groups -OCH3 is 1. The predicted molar refractivity (Wildman–Crippen MR) is 149 cm³/mol. The zero-order chi connectivity index (χ0) is 30.6. The minimum atomic E-state index is -1.39. The first kappa shape index (κ1) is 32.3. The highest BCUT2D eigenvalue weighted by Crippen LogP contribution is 2.30. The second-order valence-electron chi connectivity index (χ2n) is 10.0. The number of amides is 1. The molecular weight excluding hydrogens is 548 g/mol. The number of nitrogens with zero attached hydrogens (tertiary/aromatic N) is 1. The summed E-state index contributed by atoms with van der Waals surface area (Å²) >= 11 is 0. The number of carbonyl (C=O) groups is 4. The molecule has 0 radical (unpaired) electrons. The van der Waals surface area contributed by atoms with Crippen molar-refractivity contribution in [3.05, 3.63) is 53.9 Å². The lowest BCUT2D eigenvalue weighted by Gasteiger charge is -2.29. The Kier molecular flexibility index (Phi) is 12.1. The van der Waals surface area contributed by atoms with Crippen molar-refractivity contribution < 1.29 is 47.6 Å². The van der Waals surface area contributed by atoms with Crippen molar-refractivity contribution >= 4 is 23.8 Å². The lowest BCUT2D eigenvalue weighted by Crippen LogP contribution is -2.47. The highest BCUT2D eigenvalue weighted by atomic mass is 16.7. The highest BCUT2D eigenvalue weighted by molar-refractivity contribution is 5.98. The molecule has 0 saturated carbocycles. The van der Waals surface area contributed by atoms with Crippen LogP contribution in [0.5, 0.6) is 11.5 Å². The molecule has 2 aromatic rings. The van der Waals surface area contributed by atoms with Crippen LogP contribution in [0.3, 0.4) is 0 Å². The predicted octanol–water partition coefficient (Wildman–Crippen LogP) is 2.87. The first-order chi connectivity index (χ1) is 20.2. The molecule has 1 aromatic heterocycles. The molecule has 1 fully saturated rings. The van der Waals surface area contributed by atoms with Gasteiger partial charge in [0.05, 0.1) is 19.6 Å². The molecule has 0 bridgehead atoms. The second-order valence-corrected chi connectivity index (χ2v) is 10.0. The summed E-state index contributed by atoms with van der Waals surface area (Å²) in [5.74, 6) is -4.17. The van der Waals surface area contributed by atoms with Gasteiger partial charge in [0.1, 0.15) is 18.6 Å². The molecule has 12 heteroatoms. The van der Waals surface area contributed by atoms with Gasteiger partial charge < -0.3 is 33.7 Å². The van der Waals surface area contributed by atoms with E-state index < -0.39 is 60.5 Å². The first-order valence-electron chi connectivity index (χ1n) is 13.8. The molecule has 2 heterocycles. The van der Waals surface area contributed by atoms with E-state index in [1.54, 1.807) is 13.8 Å². The molecule has 1 aliphatic heterocycles. The maximum atomic E-state index is 13.4.